The van der Waals surface area contributed by atoms with E-state index in [1.54, 1.807) is 0 Å². The number of anilines is 1. The van der Waals surface area contributed by atoms with E-state index in [2.05, 4.69) is 17.1 Å². The van der Waals surface area contributed by atoms with Gasteiger partial charge in [0.2, 0.25) is 5.91 Å². The summed E-state index contributed by atoms with van der Waals surface area (Å²) in [5.41, 5.74) is 2.04. The number of hydrogen-bond acceptors (Lipinski definition) is 2. The van der Waals surface area contributed by atoms with Crippen LogP contribution in [0.25, 0.3) is 0 Å². The van der Waals surface area contributed by atoms with Crippen molar-refractivity contribution >= 4 is 11.6 Å². The molecule has 2 rings (SSSR count). The molecule has 3 heteroatoms. The van der Waals surface area contributed by atoms with Crippen molar-refractivity contribution in [3.05, 3.63) is 29.8 Å². The molecule has 1 aromatic rings. The Morgan fingerprint density at radius 3 is 2.68 bits per heavy atom. The Morgan fingerprint density at radius 1 is 1.32 bits per heavy atom. The number of para-hydroxylation sites is 1. The first-order valence-corrected chi connectivity index (χ1v) is 7.23. The summed E-state index contributed by atoms with van der Waals surface area (Å²) in [4.78, 5) is 14.3. The van der Waals surface area contributed by atoms with Crippen molar-refractivity contribution in [3.63, 3.8) is 0 Å². The Hall–Kier alpha value is -1.35. The number of nitrogens with one attached hydrogen (secondary N) is 1. The van der Waals surface area contributed by atoms with Crippen LogP contribution >= 0.6 is 0 Å². The van der Waals surface area contributed by atoms with Gasteiger partial charge in [-0.25, -0.2) is 0 Å². The summed E-state index contributed by atoms with van der Waals surface area (Å²) in [7, 11) is 0. The molecule has 0 bridgehead atoms. The SMILES string of the molecule is Cc1ccccc1NC(=O)CCN1CCC(C)CC1. The number of likely N-dealkylation sites (tertiary alicyclic amines) is 1. The second-order valence-corrected chi connectivity index (χ2v) is 5.64. The van der Waals surface area contributed by atoms with Crippen LogP contribution in [0.4, 0.5) is 5.69 Å². The lowest BCUT2D eigenvalue weighted by Crippen LogP contribution is -2.35. The van der Waals surface area contributed by atoms with Gasteiger partial charge in [0.05, 0.1) is 0 Å². The number of aryl methyl sites for hydroxylation is 1. The predicted molar refractivity (Wildman–Crippen MR) is 79.3 cm³/mol. The number of rotatable bonds is 4. The molecule has 0 radical (unpaired) electrons. The molecule has 0 aliphatic carbocycles. The maximum absolute atomic E-state index is 11.9. The summed E-state index contributed by atoms with van der Waals surface area (Å²) in [6.45, 7) is 7.48. The summed E-state index contributed by atoms with van der Waals surface area (Å²) in [5.74, 6) is 0.963. The van der Waals surface area contributed by atoms with Crippen LogP contribution in [-0.4, -0.2) is 30.4 Å². The van der Waals surface area contributed by atoms with Gasteiger partial charge >= 0.3 is 0 Å². The Labute approximate surface area is 116 Å². The zero-order valence-electron chi connectivity index (χ0n) is 12.0. The van der Waals surface area contributed by atoms with Gasteiger partial charge in [-0.2, -0.15) is 0 Å². The Morgan fingerprint density at radius 2 is 2.00 bits per heavy atom. The van der Waals surface area contributed by atoms with Crippen LogP contribution in [0.1, 0.15) is 31.7 Å². The number of hydrogen-bond donors (Lipinski definition) is 1. The second kappa shape index (κ2) is 6.71. The van der Waals surface area contributed by atoms with Gasteiger partial charge in [0.15, 0.2) is 0 Å². The van der Waals surface area contributed by atoms with Crippen LogP contribution in [-0.2, 0) is 4.79 Å². The fraction of sp³-hybridized carbons (Fsp3) is 0.562. The highest BCUT2D eigenvalue weighted by molar-refractivity contribution is 5.91. The maximum atomic E-state index is 11.9. The average molecular weight is 260 g/mol. The smallest absolute Gasteiger partial charge is 0.225 e. The first-order valence-electron chi connectivity index (χ1n) is 7.23. The van der Waals surface area contributed by atoms with Crippen molar-refractivity contribution in [2.75, 3.05) is 25.0 Å². The summed E-state index contributed by atoms with van der Waals surface area (Å²) in [6, 6.07) is 7.91. The molecular formula is C16H24N2O. The van der Waals surface area contributed by atoms with Gasteiger partial charge < -0.3 is 10.2 Å². The number of piperidine rings is 1. The molecule has 1 aliphatic heterocycles. The fourth-order valence-corrected chi connectivity index (χ4v) is 2.47. The van der Waals surface area contributed by atoms with E-state index in [4.69, 9.17) is 0 Å². The van der Waals surface area contributed by atoms with Gasteiger partial charge in [0.25, 0.3) is 0 Å². The second-order valence-electron chi connectivity index (χ2n) is 5.64. The topological polar surface area (TPSA) is 32.3 Å². The number of carbonyl (C=O) groups excluding carboxylic acids is 1. The number of amides is 1. The summed E-state index contributed by atoms with van der Waals surface area (Å²) < 4.78 is 0. The Kier molecular flexibility index (Phi) is 4.97. The maximum Gasteiger partial charge on any atom is 0.225 e. The van der Waals surface area contributed by atoms with Crippen LogP contribution in [0.3, 0.4) is 0 Å². The monoisotopic (exact) mass is 260 g/mol. The van der Waals surface area contributed by atoms with Crippen LogP contribution in [0, 0.1) is 12.8 Å². The lowest BCUT2D eigenvalue weighted by atomic mass is 9.99. The third kappa shape index (κ3) is 4.35. The van der Waals surface area contributed by atoms with E-state index in [0.29, 0.717) is 6.42 Å². The largest absolute Gasteiger partial charge is 0.326 e. The van der Waals surface area contributed by atoms with Crippen molar-refractivity contribution in [3.8, 4) is 0 Å². The Balaban J connectivity index is 1.74. The molecule has 19 heavy (non-hydrogen) atoms. The van der Waals surface area contributed by atoms with Crippen molar-refractivity contribution in [2.45, 2.75) is 33.1 Å². The lowest BCUT2D eigenvalue weighted by molar-refractivity contribution is -0.116. The minimum absolute atomic E-state index is 0.118. The number of nitrogens with zero attached hydrogens (tertiary/aromatic N) is 1. The minimum Gasteiger partial charge on any atom is -0.326 e. The van der Waals surface area contributed by atoms with Crippen LogP contribution < -0.4 is 5.32 Å². The summed E-state index contributed by atoms with van der Waals surface area (Å²) >= 11 is 0. The third-order valence-electron chi connectivity index (χ3n) is 3.95. The van der Waals surface area contributed by atoms with Gasteiger partial charge in [0, 0.05) is 18.7 Å². The highest BCUT2D eigenvalue weighted by Crippen LogP contribution is 2.16. The standard InChI is InChI=1S/C16H24N2O/c1-13-7-10-18(11-8-13)12-9-16(19)17-15-6-4-3-5-14(15)2/h3-6,13H,7-12H2,1-2H3,(H,17,19). The van der Waals surface area contributed by atoms with E-state index in [1.165, 1.54) is 12.8 Å². The molecule has 1 heterocycles. The van der Waals surface area contributed by atoms with E-state index < -0.39 is 0 Å². The number of benzene rings is 1. The molecule has 0 unspecified atom stereocenters. The number of carbonyl (C=O) groups is 1. The molecule has 1 amide bonds. The average Bonchev–Trinajstić information content (AvgIpc) is 2.41. The molecule has 104 valence electrons. The zero-order chi connectivity index (χ0) is 13.7. The molecule has 1 saturated heterocycles. The van der Waals surface area contributed by atoms with Gasteiger partial charge in [-0.05, 0) is 50.4 Å². The van der Waals surface area contributed by atoms with E-state index >= 15 is 0 Å². The lowest BCUT2D eigenvalue weighted by Gasteiger charge is -2.29. The van der Waals surface area contributed by atoms with Crippen molar-refractivity contribution in [1.29, 1.82) is 0 Å². The summed E-state index contributed by atoms with van der Waals surface area (Å²) in [6.07, 6.45) is 3.11. The van der Waals surface area contributed by atoms with Crippen molar-refractivity contribution < 1.29 is 4.79 Å². The molecule has 0 aromatic heterocycles. The quantitative estimate of drug-likeness (QED) is 0.902. The van der Waals surface area contributed by atoms with Gasteiger partial charge in [-0.3, -0.25) is 4.79 Å². The van der Waals surface area contributed by atoms with Crippen molar-refractivity contribution in [2.24, 2.45) is 5.92 Å². The molecule has 0 atom stereocenters. The normalized spacial score (nSPS) is 17.4. The molecule has 0 saturated carbocycles. The van der Waals surface area contributed by atoms with E-state index in [0.717, 1.165) is 36.8 Å². The molecule has 0 spiro atoms. The van der Waals surface area contributed by atoms with Crippen LogP contribution in [0.15, 0.2) is 24.3 Å². The molecule has 1 aliphatic rings. The molecule has 1 aromatic carbocycles. The molecule has 1 N–H and O–H groups in total. The van der Waals surface area contributed by atoms with E-state index in [1.807, 2.05) is 31.2 Å². The predicted octanol–water partition coefficient (Wildman–Crippen LogP) is 3.06. The highest BCUT2D eigenvalue weighted by Gasteiger charge is 2.16. The third-order valence-corrected chi connectivity index (χ3v) is 3.95. The minimum atomic E-state index is 0.118. The zero-order valence-corrected chi connectivity index (χ0v) is 12.0. The molecule has 3 nitrogen and oxygen atoms in total. The van der Waals surface area contributed by atoms with Gasteiger partial charge in [0.1, 0.15) is 0 Å². The molecule has 1 fully saturated rings. The summed E-state index contributed by atoms with van der Waals surface area (Å²) in [5, 5.41) is 2.99. The van der Waals surface area contributed by atoms with Crippen LogP contribution in [0.2, 0.25) is 0 Å². The fourth-order valence-electron chi connectivity index (χ4n) is 2.47. The van der Waals surface area contributed by atoms with E-state index in [-0.39, 0.29) is 5.91 Å². The van der Waals surface area contributed by atoms with Crippen molar-refractivity contribution in [1.82, 2.24) is 4.90 Å². The first-order chi connectivity index (χ1) is 9.15. The van der Waals surface area contributed by atoms with Crippen LogP contribution in [0.5, 0.6) is 0 Å². The van der Waals surface area contributed by atoms with E-state index in [9.17, 15) is 4.79 Å². The highest BCUT2D eigenvalue weighted by atomic mass is 16.1. The Bertz CT molecular complexity index is 423. The molecular weight excluding hydrogens is 236 g/mol. The van der Waals surface area contributed by atoms with Gasteiger partial charge in [-0.1, -0.05) is 25.1 Å². The first kappa shape index (κ1) is 14.1. The van der Waals surface area contributed by atoms with Gasteiger partial charge in [-0.15, -0.1) is 0 Å².